The monoisotopic (exact) mass is 566 g/mol. The lowest BCUT2D eigenvalue weighted by atomic mass is 9.85. The first-order valence-corrected chi connectivity index (χ1v) is 15.2. The zero-order valence-corrected chi connectivity index (χ0v) is 23.9. The van der Waals surface area contributed by atoms with Gasteiger partial charge in [0.25, 0.3) is 0 Å². The second-order valence-corrected chi connectivity index (χ2v) is 12.3. The Morgan fingerprint density at radius 3 is 2.73 bits per heavy atom. The van der Waals surface area contributed by atoms with Gasteiger partial charge in [0.15, 0.2) is 6.23 Å². The fraction of sp³-hybridized carbons (Fsp3) is 0.594. The minimum absolute atomic E-state index is 0.0182. The Kier molecular flexibility index (Phi) is 7.37. The van der Waals surface area contributed by atoms with Crippen molar-refractivity contribution in [3.8, 4) is 11.5 Å². The van der Waals surface area contributed by atoms with Gasteiger partial charge in [-0.15, -0.1) is 0 Å². The first kappa shape index (κ1) is 27.1. The molecule has 2 aromatic carbocycles. The minimum Gasteiger partial charge on any atom is -0.496 e. The summed E-state index contributed by atoms with van der Waals surface area (Å²) in [7, 11) is 1.68. The molecular formula is C32H40F2N4O3. The van der Waals surface area contributed by atoms with E-state index in [4.69, 9.17) is 19.3 Å². The van der Waals surface area contributed by atoms with Crippen LogP contribution in [0.25, 0.3) is 10.9 Å². The van der Waals surface area contributed by atoms with E-state index in [-0.39, 0.29) is 24.9 Å². The lowest BCUT2D eigenvalue weighted by Crippen LogP contribution is -2.49. The molecule has 1 aliphatic carbocycles. The normalized spacial score (nSPS) is 24.7. The van der Waals surface area contributed by atoms with Crippen molar-refractivity contribution in [2.24, 2.45) is 5.92 Å². The van der Waals surface area contributed by atoms with Crippen molar-refractivity contribution < 1.29 is 23.0 Å². The van der Waals surface area contributed by atoms with Gasteiger partial charge in [0.1, 0.15) is 23.8 Å². The van der Waals surface area contributed by atoms with Crippen LogP contribution >= 0.6 is 0 Å². The van der Waals surface area contributed by atoms with Crippen LogP contribution in [-0.4, -0.2) is 85.0 Å². The van der Waals surface area contributed by atoms with Crippen LogP contribution in [0.15, 0.2) is 36.5 Å². The van der Waals surface area contributed by atoms with Crippen molar-refractivity contribution in [3.63, 3.8) is 0 Å². The first-order valence-electron chi connectivity index (χ1n) is 15.2. The number of likely N-dealkylation sites (tertiary alicyclic amines) is 1. The van der Waals surface area contributed by atoms with Crippen molar-refractivity contribution in [1.29, 1.82) is 0 Å². The Hall–Kier alpha value is -2.75. The van der Waals surface area contributed by atoms with Crippen LogP contribution in [0.3, 0.4) is 0 Å². The molecular weight excluding hydrogens is 526 g/mol. The van der Waals surface area contributed by atoms with Gasteiger partial charge in [-0.05, 0) is 67.9 Å². The summed E-state index contributed by atoms with van der Waals surface area (Å²) < 4.78 is 48.0. The molecule has 9 heteroatoms. The summed E-state index contributed by atoms with van der Waals surface area (Å²) in [6.45, 7) is 4.63. The van der Waals surface area contributed by atoms with Gasteiger partial charge in [0, 0.05) is 62.3 Å². The van der Waals surface area contributed by atoms with Crippen molar-refractivity contribution in [2.45, 2.75) is 56.5 Å². The molecule has 7 rings (SSSR count). The Morgan fingerprint density at radius 1 is 1.12 bits per heavy atom. The summed E-state index contributed by atoms with van der Waals surface area (Å²) in [4.78, 5) is 4.50. The first-order chi connectivity index (χ1) is 20.0. The Morgan fingerprint density at radius 2 is 1.98 bits per heavy atom. The topological polar surface area (TPSA) is 52.0 Å². The molecule has 7 nitrogen and oxygen atoms in total. The molecule has 0 amide bonds. The number of hydrogen-bond donors (Lipinski definition) is 0. The fourth-order valence-corrected chi connectivity index (χ4v) is 6.91. The van der Waals surface area contributed by atoms with Crippen molar-refractivity contribution >= 4 is 10.9 Å². The van der Waals surface area contributed by atoms with Gasteiger partial charge < -0.3 is 14.2 Å². The molecule has 3 aromatic rings. The van der Waals surface area contributed by atoms with Crippen molar-refractivity contribution in [2.75, 3.05) is 59.7 Å². The maximum absolute atomic E-state index is 15.2. The van der Waals surface area contributed by atoms with Crippen LogP contribution in [0.4, 0.5) is 8.78 Å². The van der Waals surface area contributed by atoms with Gasteiger partial charge in [-0.3, -0.25) is 14.2 Å². The number of fused-ring (bicyclic) bond motifs is 3. The predicted octanol–water partition coefficient (Wildman–Crippen LogP) is 5.47. The summed E-state index contributed by atoms with van der Waals surface area (Å²) in [5.41, 5.74) is 3.48. The highest BCUT2D eigenvalue weighted by Gasteiger charge is 2.47. The highest BCUT2D eigenvalue weighted by molar-refractivity contribution is 5.84. The highest BCUT2D eigenvalue weighted by Crippen LogP contribution is 2.47. The average Bonchev–Trinajstić information content (AvgIpc) is 3.54. The maximum Gasteiger partial charge on any atom is 0.150 e. The zero-order chi connectivity index (χ0) is 28.0. The van der Waals surface area contributed by atoms with E-state index in [1.807, 2.05) is 23.0 Å². The third kappa shape index (κ3) is 5.32. The fourth-order valence-electron chi connectivity index (χ4n) is 6.91. The summed E-state index contributed by atoms with van der Waals surface area (Å²) in [6.07, 6.45) is 7.30. The number of halogens is 2. The molecule has 2 unspecified atom stereocenters. The molecule has 0 spiro atoms. The predicted molar refractivity (Wildman–Crippen MR) is 153 cm³/mol. The van der Waals surface area contributed by atoms with Gasteiger partial charge in [-0.2, -0.15) is 5.10 Å². The maximum atomic E-state index is 15.2. The van der Waals surface area contributed by atoms with E-state index < -0.39 is 5.67 Å². The van der Waals surface area contributed by atoms with E-state index in [9.17, 15) is 4.39 Å². The van der Waals surface area contributed by atoms with Gasteiger partial charge in [0.2, 0.25) is 0 Å². The number of nitrogens with zero attached hydrogens (tertiary/aromatic N) is 4. The van der Waals surface area contributed by atoms with Crippen molar-refractivity contribution in [3.05, 3.63) is 53.2 Å². The second kappa shape index (κ2) is 11.2. The van der Waals surface area contributed by atoms with E-state index in [0.29, 0.717) is 26.0 Å². The third-order valence-corrected chi connectivity index (χ3v) is 9.37. The molecule has 4 heterocycles. The summed E-state index contributed by atoms with van der Waals surface area (Å²) in [5.74, 6) is 1.65. The Labute approximate surface area is 240 Å². The summed E-state index contributed by atoms with van der Waals surface area (Å²) >= 11 is 0. The number of aromatic nitrogens is 2. The molecule has 2 atom stereocenters. The van der Waals surface area contributed by atoms with Gasteiger partial charge in [0.05, 0.1) is 31.5 Å². The van der Waals surface area contributed by atoms with Gasteiger partial charge in [-0.25, -0.2) is 9.07 Å². The van der Waals surface area contributed by atoms with Crippen LogP contribution in [-0.2, 0) is 11.2 Å². The molecule has 1 saturated carbocycles. The van der Waals surface area contributed by atoms with Crippen LogP contribution in [0.1, 0.15) is 61.1 Å². The van der Waals surface area contributed by atoms with E-state index in [0.717, 1.165) is 86.4 Å². The molecule has 4 aliphatic rings. The quantitative estimate of drug-likeness (QED) is 0.324. The third-order valence-electron chi connectivity index (χ3n) is 9.37. The second-order valence-electron chi connectivity index (χ2n) is 12.3. The van der Waals surface area contributed by atoms with Crippen molar-refractivity contribution in [1.82, 2.24) is 19.6 Å². The van der Waals surface area contributed by atoms with E-state index >= 15 is 4.39 Å². The molecule has 41 heavy (non-hydrogen) atoms. The number of methoxy groups -OCH3 is 1. The van der Waals surface area contributed by atoms with Crippen LogP contribution in [0.5, 0.6) is 11.5 Å². The van der Waals surface area contributed by atoms with E-state index in [1.54, 1.807) is 7.11 Å². The molecule has 0 radical (unpaired) electrons. The summed E-state index contributed by atoms with van der Waals surface area (Å²) in [6, 6.07) is 10.2. The summed E-state index contributed by atoms with van der Waals surface area (Å²) in [5, 5.41) is 5.93. The smallest absolute Gasteiger partial charge is 0.150 e. The largest absolute Gasteiger partial charge is 0.496 e. The molecule has 3 fully saturated rings. The average molecular weight is 567 g/mol. The van der Waals surface area contributed by atoms with E-state index in [2.05, 4.69) is 28.0 Å². The number of ether oxygens (including phenoxy) is 3. The van der Waals surface area contributed by atoms with Crippen LogP contribution in [0, 0.1) is 5.92 Å². The molecule has 0 bridgehead atoms. The van der Waals surface area contributed by atoms with E-state index in [1.165, 1.54) is 11.1 Å². The Balaban J connectivity index is 1.18. The Bertz CT molecular complexity index is 1380. The van der Waals surface area contributed by atoms with Gasteiger partial charge >= 0.3 is 0 Å². The SMILES string of the molecule is COc1cc(OCCN2CC(CF)C2)ccc1C1c2ccc3c(cnn3C3CCCCO3)c2CCN1CC1(F)CC1. The standard InChI is InChI=1S/C32H40F2N4O3/c1-39-29-16-23(40-15-13-36-19-22(17-33)20-36)5-6-26(29)31-25-7-8-28-27(18-35-38(28)30-4-2-3-14-41-30)24(25)9-12-37(31)21-32(34)10-11-32/h5-8,16,18,22,30-31H,2-4,9-15,17,19-21H2,1H3. The van der Waals surface area contributed by atoms with Crippen LogP contribution in [0.2, 0.25) is 0 Å². The van der Waals surface area contributed by atoms with Crippen LogP contribution < -0.4 is 9.47 Å². The number of benzene rings is 2. The van der Waals surface area contributed by atoms with Gasteiger partial charge in [-0.1, -0.05) is 6.07 Å². The molecule has 220 valence electrons. The molecule has 1 aromatic heterocycles. The molecule has 0 N–H and O–H groups in total. The number of rotatable bonds is 10. The lowest BCUT2D eigenvalue weighted by Gasteiger charge is -2.39. The minimum atomic E-state index is -1.10. The number of alkyl halides is 2. The molecule has 3 aliphatic heterocycles. The zero-order valence-electron chi connectivity index (χ0n) is 23.9. The number of hydrogen-bond acceptors (Lipinski definition) is 6. The molecule has 2 saturated heterocycles. The lowest BCUT2D eigenvalue weighted by molar-refractivity contribution is -0.0366. The highest BCUT2D eigenvalue weighted by atomic mass is 19.1.